The van der Waals surface area contributed by atoms with Gasteiger partial charge >= 0.3 is 6.03 Å². The summed E-state index contributed by atoms with van der Waals surface area (Å²) >= 11 is 0. The van der Waals surface area contributed by atoms with E-state index in [-0.39, 0.29) is 30.1 Å². The molecule has 0 spiro atoms. The quantitative estimate of drug-likeness (QED) is 0.325. The van der Waals surface area contributed by atoms with Gasteiger partial charge in [-0.05, 0) is 31.0 Å². The predicted octanol–water partition coefficient (Wildman–Crippen LogP) is 2.10. The smallest absolute Gasteiger partial charge is 0.320 e. The number of benzene rings is 1. The third-order valence-corrected chi connectivity index (χ3v) is 7.34. The van der Waals surface area contributed by atoms with Gasteiger partial charge in [0.25, 0.3) is 11.5 Å². The normalized spacial score (nSPS) is 17.0. The molecule has 1 aromatic carbocycles. The van der Waals surface area contributed by atoms with Crippen LogP contribution in [0.15, 0.2) is 47.4 Å². The molecule has 4 rings (SSSR count). The molecular formula is C29H39N7O5. The summed E-state index contributed by atoms with van der Waals surface area (Å²) in [5, 5.41) is 13.5. The highest BCUT2D eigenvalue weighted by Gasteiger charge is 2.31. The van der Waals surface area contributed by atoms with Crippen molar-refractivity contribution in [1.29, 1.82) is 0 Å². The second-order valence-electron chi connectivity index (χ2n) is 10.2. The molecule has 0 unspecified atom stereocenters. The molecule has 1 fully saturated rings. The van der Waals surface area contributed by atoms with Crippen LogP contribution in [0.5, 0.6) is 0 Å². The number of likely N-dealkylation sites (tertiary alicyclic amines) is 1. The summed E-state index contributed by atoms with van der Waals surface area (Å²) in [5.41, 5.74) is 2.10. The van der Waals surface area contributed by atoms with E-state index in [0.29, 0.717) is 35.9 Å². The molecule has 1 saturated heterocycles. The first-order chi connectivity index (χ1) is 19.8. The molecule has 1 aliphatic rings. The summed E-state index contributed by atoms with van der Waals surface area (Å²) in [5.74, 6) is 0.275. The lowest BCUT2D eigenvalue weighted by Gasteiger charge is -2.18. The van der Waals surface area contributed by atoms with E-state index >= 15 is 0 Å². The van der Waals surface area contributed by atoms with Gasteiger partial charge < -0.3 is 24.7 Å². The van der Waals surface area contributed by atoms with E-state index in [0.717, 1.165) is 25.3 Å². The topological polar surface area (TPSA) is 132 Å². The first-order valence-corrected chi connectivity index (χ1v) is 13.7. The highest BCUT2D eigenvalue weighted by Crippen LogP contribution is 2.31. The molecule has 0 saturated carbocycles. The van der Waals surface area contributed by atoms with E-state index < -0.39 is 11.5 Å². The molecule has 1 aliphatic heterocycles. The van der Waals surface area contributed by atoms with Gasteiger partial charge in [-0.3, -0.25) is 19.8 Å². The molecule has 3 amide bonds. The van der Waals surface area contributed by atoms with Crippen LogP contribution in [-0.4, -0.2) is 91.3 Å². The summed E-state index contributed by atoms with van der Waals surface area (Å²) in [7, 11) is 4.71. The highest BCUT2D eigenvalue weighted by atomic mass is 16.5. The SMILES string of the molecule is CNC(=O)c1cc(-c2nn(-c3ccccc3)c(NC(=O)N[C@@H]3CN(CCOC)C[C@H]3C)c2C)cn(CCOC)c1=O. The summed E-state index contributed by atoms with van der Waals surface area (Å²) in [6, 6.07) is 10.6. The van der Waals surface area contributed by atoms with Crippen LogP contribution in [0.2, 0.25) is 0 Å². The Kier molecular flexibility index (Phi) is 9.92. The number of urea groups is 1. The van der Waals surface area contributed by atoms with Crippen LogP contribution in [0, 0.1) is 12.8 Å². The highest BCUT2D eigenvalue weighted by molar-refractivity contribution is 5.95. The van der Waals surface area contributed by atoms with Gasteiger partial charge in [-0.1, -0.05) is 25.1 Å². The van der Waals surface area contributed by atoms with Gasteiger partial charge in [0, 0.05) is 70.8 Å². The lowest BCUT2D eigenvalue weighted by Crippen LogP contribution is -2.42. The van der Waals surface area contributed by atoms with E-state index in [2.05, 4.69) is 27.8 Å². The Balaban J connectivity index is 1.70. The number of nitrogens with zero attached hydrogens (tertiary/aromatic N) is 4. The number of pyridine rings is 1. The number of aromatic nitrogens is 3. The largest absolute Gasteiger partial charge is 0.383 e. The van der Waals surface area contributed by atoms with Crippen molar-refractivity contribution in [1.82, 2.24) is 29.9 Å². The second-order valence-corrected chi connectivity index (χ2v) is 10.2. The minimum absolute atomic E-state index is 0.00438. The summed E-state index contributed by atoms with van der Waals surface area (Å²) in [6.07, 6.45) is 1.66. The van der Waals surface area contributed by atoms with Crippen LogP contribution >= 0.6 is 0 Å². The Bertz CT molecular complexity index is 1420. The molecule has 3 N–H and O–H groups in total. The third kappa shape index (κ3) is 6.84. The van der Waals surface area contributed by atoms with Gasteiger partial charge in [-0.15, -0.1) is 0 Å². The zero-order valence-electron chi connectivity index (χ0n) is 24.3. The van der Waals surface area contributed by atoms with Gasteiger partial charge in [0.2, 0.25) is 0 Å². The predicted molar refractivity (Wildman–Crippen MR) is 157 cm³/mol. The molecule has 12 nitrogen and oxygen atoms in total. The number of rotatable bonds is 11. The first kappa shape index (κ1) is 30.0. The number of carbonyl (C=O) groups is 2. The standard InChI is InChI=1S/C29H39N7O5/c1-19-16-34(11-13-40-4)18-24(19)31-29(39)32-26-20(2)25(33-36(26)22-9-7-6-8-10-22)21-15-23(27(37)30-3)28(38)35(17-21)12-14-41-5/h6-10,15,17,19,24H,11-14,16,18H2,1-5H3,(H,30,37)(H2,31,32,39)/t19-,24-/m1/s1. The maximum atomic E-state index is 13.3. The van der Waals surface area contributed by atoms with Gasteiger partial charge in [0.1, 0.15) is 11.4 Å². The van der Waals surface area contributed by atoms with Gasteiger partial charge in [0.15, 0.2) is 0 Å². The molecule has 2 aromatic heterocycles. The average Bonchev–Trinajstić information content (AvgIpc) is 3.49. The molecule has 0 bridgehead atoms. The van der Waals surface area contributed by atoms with Gasteiger partial charge in [0.05, 0.1) is 24.6 Å². The van der Waals surface area contributed by atoms with Crippen molar-refractivity contribution in [2.75, 3.05) is 59.4 Å². The molecule has 2 atom stereocenters. The fourth-order valence-corrected chi connectivity index (χ4v) is 5.06. The molecule has 12 heteroatoms. The van der Waals surface area contributed by atoms with Crippen LogP contribution in [0.25, 0.3) is 16.9 Å². The van der Waals surface area contributed by atoms with Crippen LogP contribution in [-0.2, 0) is 16.0 Å². The Morgan fingerprint density at radius 1 is 1.07 bits per heavy atom. The summed E-state index contributed by atoms with van der Waals surface area (Å²) < 4.78 is 13.5. The Morgan fingerprint density at radius 2 is 1.78 bits per heavy atom. The summed E-state index contributed by atoms with van der Waals surface area (Å²) in [6.45, 7) is 7.61. The van der Waals surface area contributed by atoms with Crippen LogP contribution < -0.4 is 21.5 Å². The minimum Gasteiger partial charge on any atom is -0.383 e. The number of hydrogen-bond acceptors (Lipinski definition) is 7. The van der Waals surface area contributed by atoms with Crippen molar-refractivity contribution in [2.45, 2.75) is 26.4 Å². The molecule has 0 aliphatic carbocycles. The molecule has 3 heterocycles. The fourth-order valence-electron chi connectivity index (χ4n) is 5.06. The van der Waals surface area contributed by atoms with E-state index in [1.54, 1.807) is 25.1 Å². The van der Waals surface area contributed by atoms with Crippen LogP contribution in [0.3, 0.4) is 0 Å². The zero-order chi connectivity index (χ0) is 29.5. The number of hydrogen-bond donors (Lipinski definition) is 3. The van der Waals surface area contributed by atoms with Crippen molar-refractivity contribution in [3.63, 3.8) is 0 Å². The van der Waals surface area contributed by atoms with Crippen LogP contribution in [0.1, 0.15) is 22.8 Å². The summed E-state index contributed by atoms with van der Waals surface area (Å²) in [4.78, 5) is 41.2. The lowest BCUT2D eigenvalue weighted by atomic mass is 10.1. The molecule has 220 valence electrons. The monoisotopic (exact) mass is 565 g/mol. The Labute approximate surface area is 239 Å². The van der Waals surface area contributed by atoms with E-state index in [1.165, 1.54) is 17.7 Å². The Morgan fingerprint density at radius 3 is 2.46 bits per heavy atom. The van der Waals surface area contributed by atoms with Crippen molar-refractivity contribution < 1.29 is 19.1 Å². The fraction of sp³-hybridized carbons (Fsp3) is 0.448. The maximum Gasteiger partial charge on any atom is 0.320 e. The first-order valence-electron chi connectivity index (χ1n) is 13.7. The number of amides is 3. The van der Waals surface area contributed by atoms with Crippen molar-refractivity contribution >= 4 is 17.8 Å². The number of para-hydroxylation sites is 1. The Hall–Kier alpha value is -4.00. The van der Waals surface area contributed by atoms with Crippen molar-refractivity contribution in [2.24, 2.45) is 5.92 Å². The van der Waals surface area contributed by atoms with Crippen molar-refractivity contribution in [3.05, 3.63) is 64.1 Å². The lowest BCUT2D eigenvalue weighted by molar-refractivity contribution is 0.0960. The number of carbonyl (C=O) groups excluding carboxylic acids is 2. The average molecular weight is 566 g/mol. The van der Waals surface area contributed by atoms with E-state index in [1.807, 2.05) is 37.3 Å². The second kappa shape index (κ2) is 13.6. The molecular weight excluding hydrogens is 526 g/mol. The molecule has 3 aromatic rings. The maximum absolute atomic E-state index is 13.3. The third-order valence-electron chi connectivity index (χ3n) is 7.34. The minimum atomic E-state index is -0.494. The molecule has 0 radical (unpaired) electrons. The van der Waals surface area contributed by atoms with E-state index in [4.69, 9.17) is 14.6 Å². The number of nitrogens with one attached hydrogen (secondary N) is 3. The van der Waals surface area contributed by atoms with Gasteiger partial charge in [-0.25, -0.2) is 9.48 Å². The number of anilines is 1. The van der Waals surface area contributed by atoms with Gasteiger partial charge in [-0.2, -0.15) is 5.10 Å². The zero-order valence-corrected chi connectivity index (χ0v) is 24.3. The van der Waals surface area contributed by atoms with E-state index in [9.17, 15) is 14.4 Å². The number of ether oxygens (including phenoxy) is 2. The van der Waals surface area contributed by atoms with Crippen molar-refractivity contribution in [3.8, 4) is 16.9 Å². The van der Waals surface area contributed by atoms with Crippen LogP contribution in [0.4, 0.5) is 10.6 Å². The molecule has 41 heavy (non-hydrogen) atoms. The number of methoxy groups -OCH3 is 2.